The van der Waals surface area contributed by atoms with Gasteiger partial charge in [-0.25, -0.2) is 10.4 Å². The van der Waals surface area contributed by atoms with E-state index < -0.39 is 0 Å². The fraction of sp³-hybridized carbons (Fsp3) is 0.250. The van der Waals surface area contributed by atoms with Crippen molar-refractivity contribution in [2.75, 3.05) is 19.1 Å². The van der Waals surface area contributed by atoms with Gasteiger partial charge in [0, 0.05) is 25.3 Å². The lowest BCUT2D eigenvalue weighted by atomic mass is 10.1. The summed E-state index contributed by atoms with van der Waals surface area (Å²) in [6.45, 7) is 2.91. The van der Waals surface area contributed by atoms with E-state index in [9.17, 15) is 4.79 Å². The molecule has 0 bridgehead atoms. The van der Waals surface area contributed by atoms with Crippen molar-refractivity contribution in [1.82, 2.24) is 9.55 Å². The summed E-state index contributed by atoms with van der Waals surface area (Å²) in [4.78, 5) is 17.5. The summed E-state index contributed by atoms with van der Waals surface area (Å²) >= 11 is 6.04. The summed E-state index contributed by atoms with van der Waals surface area (Å²) in [5.41, 5.74) is 5.10. The number of rotatable bonds is 7. The number of ether oxygens (including phenoxy) is 1. The molecule has 0 saturated carbocycles. The number of fused-ring (bicyclic) bond motifs is 1. The first-order valence-electron chi connectivity index (χ1n) is 8.65. The predicted octanol–water partition coefficient (Wildman–Crippen LogP) is 3.92. The zero-order valence-corrected chi connectivity index (χ0v) is 16.0. The highest BCUT2D eigenvalue weighted by Crippen LogP contribution is 2.14. The molecule has 0 atom stereocenters. The number of hydrogen-bond donors (Lipinski definition) is 1. The maximum atomic E-state index is 12.9. The monoisotopic (exact) mass is 384 g/mol. The number of hydrogen-bond acceptors (Lipinski definition) is 5. The molecule has 0 unspecified atom stereocenters. The van der Waals surface area contributed by atoms with Gasteiger partial charge in [0.2, 0.25) is 5.95 Å². The van der Waals surface area contributed by atoms with Crippen LogP contribution in [0.4, 0.5) is 5.95 Å². The Balaban J connectivity index is 1.97. The number of para-hydroxylation sites is 1. The summed E-state index contributed by atoms with van der Waals surface area (Å²) < 4.78 is 6.70. The SMILES string of the molecule is COCCCn1c(N/N=C(/C)c2cccc(Cl)c2)nc2ccccc2c1=O. The Hall–Kier alpha value is -2.70. The van der Waals surface area contributed by atoms with Gasteiger partial charge in [0.1, 0.15) is 0 Å². The molecular formula is C20H21ClN4O2. The standard InChI is InChI=1S/C20H21ClN4O2/c1-14(15-7-5-8-16(21)13-15)23-24-20-22-18-10-4-3-9-17(18)19(26)25(20)11-6-12-27-2/h3-5,7-10,13H,6,11-12H2,1-2H3,(H,22,24)/b23-14-. The van der Waals surface area contributed by atoms with Gasteiger partial charge in [-0.05, 0) is 43.2 Å². The molecular weight excluding hydrogens is 364 g/mol. The normalized spacial score (nSPS) is 11.7. The molecule has 7 heteroatoms. The van der Waals surface area contributed by atoms with E-state index in [1.807, 2.05) is 49.4 Å². The van der Waals surface area contributed by atoms with E-state index >= 15 is 0 Å². The first-order chi connectivity index (χ1) is 13.1. The number of benzene rings is 2. The first kappa shape index (κ1) is 19.1. The fourth-order valence-corrected chi connectivity index (χ4v) is 2.93. The smallest absolute Gasteiger partial charge is 0.262 e. The molecule has 0 saturated heterocycles. The van der Waals surface area contributed by atoms with Gasteiger partial charge < -0.3 is 4.74 Å². The number of nitrogens with one attached hydrogen (secondary N) is 1. The first-order valence-corrected chi connectivity index (χ1v) is 9.02. The Kier molecular flexibility index (Phi) is 6.21. The van der Waals surface area contributed by atoms with Crippen LogP contribution in [-0.4, -0.2) is 29.0 Å². The third-order valence-electron chi connectivity index (χ3n) is 4.16. The molecule has 1 N–H and O–H groups in total. The van der Waals surface area contributed by atoms with Gasteiger partial charge in [-0.2, -0.15) is 5.10 Å². The summed E-state index contributed by atoms with van der Waals surface area (Å²) in [7, 11) is 1.64. The van der Waals surface area contributed by atoms with E-state index in [4.69, 9.17) is 16.3 Å². The number of hydrazone groups is 1. The Morgan fingerprint density at radius 3 is 2.85 bits per heavy atom. The molecule has 0 aliphatic carbocycles. The van der Waals surface area contributed by atoms with E-state index in [0.29, 0.717) is 41.4 Å². The number of methoxy groups -OCH3 is 1. The zero-order chi connectivity index (χ0) is 19.2. The third kappa shape index (κ3) is 4.53. The van der Waals surface area contributed by atoms with Crippen LogP contribution in [0.1, 0.15) is 18.9 Å². The summed E-state index contributed by atoms with van der Waals surface area (Å²) in [6.07, 6.45) is 0.697. The van der Waals surface area contributed by atoms with Crippen LogP contribution in [0.3, 0.4) is 0 Å². The number of aromatic nitrogens is 2. The van der Waals surface area contributed by atoms with Crippen LogP contribution in [0.25, 0.3) is 10.9 Å². The molecule has 0 spiro atoms. The molecule has 0 aliphatic rings. The largest absolute Gasteiger partial charge is 0.385 e. The van der Waals surface area contributed by atoms with E-state index in [-0.39, 0.29) is 5.56 Å². The highest BCUT2D eigenvalue weighted by Gasteiger charge is 2.10. The minimum absolute atomic E-state index is 0.102. The van der Waals surface area contributed by atoms with Crippen LogP contribution in [-0.2, 0) is 11.3 Å². The molecule has 0 aliphatic heterocycles. The Morgan fingerprint density at radius 1 is 1.26 bits per heavy atom. The van der Waals surface area contributed by atoms with Gasteiger partial charge in [0.05, 0.1) is 16.6 Å². The average molecular weight is 385 g/mol. The third-order valence-corrected chi connectivity index (χ3v) is 4.39. The minimum atomic E-state index is -0.102. The molecule has 140 valence electrons. The van der Waals surface area contributed by atoms with Crippen molar-refractivity contribution >= 4 is 34.2 Å². The molecule has 0 fully saturated rings. The van der Waals surface area contributed by atoms with Crippen LogP contribution in [0.15, 0.2) is 58.4 Å². The molecule has 1 heterocycles. The van der Waals surface area contributed by atoms with Gasteiger partial charge in [0.15, 0.2) is 0 Å². The van der Waals surface area contributed by atoms with Crippen molar-refractivity contribution in [3.8, 4) is 0 Å². The zero-order valence-electron chi connectivity index (χ0n) is 15.3. The summed E-state index contributed by atoms with van der Waals surface area (Å²) in [6, 6.07) is 14.7. The van der Waals surface area contributed by atoms with Crippen LogP contribution >= 0.6 is 11.6 Å². The molecule has 3 aromatic rings. The predicted molar refractivity (Wildman–Crippen MR) is 110 cm³/mol. The number of nitrogens with zero attached hydrogens (tertiary/aromatic N) is 3. The molecule has 2 aromatic carbocycles. The molecule has 27 heavy (non-hydrogen) atoms. The van der Waals surface area contributed by atoms with Crippen LogP contribution in [0, 0.1) is 0 Å². The van der Waals surface area contributed by atoms with Crippen molar-refractivity contribution in [3.05, 3.63) is 69.5 Å². The molecule has 0 radical (unpaired) electrons. The van der Waals surface area contributed by atoms with Crippen molar-refractivity contribution in [1.29, 1.82) is 0 Å². The lowest BCUT2D eigenvalue weighted by molar-refractivity contribution is 0.190. The summed E-state index contributed by atoms with van der Waals surface area (Å²) in [5, 5.41) is 5.62. The van der Waals surface area contributed by atoms with Gasteiger partial charge in [-0.15, -0.1) is 0 Å². The molecule has 1 aromatic heterocycles. The highest BCUT2D eigenvalue weighted by atomic mass is 35.5. The molecule has 6 nitrogen and oxygen atoms in total. The lowest BCUT2D eigenvalue weighted by Crippen LogP contribution is -2.25. The van der Waals surface area contributed by atoms with E-state index in [1.165, 1.54) is 0 Å². The second-order valence-corrected chi connectivity index (χ2v) is 6.51. The number of anilines is 1. The second-order valence-electron chi connectivity index (χ2n) is 6.08. The molecule has 0 amide bonds. The van der Waals surface area contributed by atoms with Gasteiger partial charge in [-0.3, -0.25) is 9.36 Å². The van der Waals surface area contributed by atoms with Crippen LogP contribution in [0.2, 0.25) is 5.02 Å². The molecule has 3 rings (SSSR count). The maximum absolute atomic E-state index is 12.9. The van der Waals surface area contributed by atoms with Crippen molar-refractivity contribution in [3.63, 3.8) is 0 Å². The second kappa shape index (κ2) is 8.79. The Bertz CT molecular complexity index is 1030. The van der Waals surface area contributed by atoms with E-state index in [0.717, 1.165) is 11.3 Å². The minimum Gasteiger partial charge on any atom is -0.385 e. The van der Waals surface area contributed by atoms with Crippen LogP contribution in [0.5, 0.6) is 0 Å². The Morgan fingerprint density at radius 2 is 2.07 bits per heavy atom. The quantitative estimate of drug-likeness (QED) is 0.381. The topological polar surface area (TPSA) is 68.5 Å². The van der Waals surface area contributed by atoms with Gasteiger partial charge in [-0.1, -0.05) is 35.9 Å². The maximum Gasteiger partial charge on any atom is 0.262 e. The fourth-order valence-electron chi connectivity index (χ4n) is 2.74. The van der Waals surface area contributed by atoms with Gasteiger partial charge in [0.25, 0.3) is 5.56 Å². The summed E-state index contributed by atoms with van der Waals surface area (Å²) in [5.74, 6) is 0.399. The lowest BCUT2D eigenvalue weighted by Gasteiger charge is -2.13. The average Bonchev–Trinajstić information content (AvgIpc) is 2.68. The highest BCUT2D eigenvalue weighted by molar-refractivity contribution is 6.31. The Labute approximate surface area is 162 Å². The van der Waals surface area contributed by atoms with Crippen molar-refractivity contribution in [2.24, 2.45) is 5.10 Å². The number of halogens is 1. The van der Waals surface area contributed by atoms with Crippen molar-refractivity contribution in [2.45, 2.75) is 19.9 Å². The van der Waals surface area contributed by atoms with E-state index in [1.54, 1.807) is 17.7 Å². The van der Waals surface area contributed by atoms with Crippen molar-refractivity contribution < 1.29 is 4.74 Å². The van der Waals surface area contributed by atoms with E-state index in [2.05, 4.69) is 15.5 Å². The van der Waals surface area contributed by atoms with Crippen LogP contribution < -0.4 is 11.0 Å². The van der Waals surface area contributed by atoms with Gasteiger partial charge >= 0.3 is 0 Å².